The van der Waals surface area contributed by atoms with Crippen LogP contribution in [-0.2, 0) is 13.0 Å². The number of hydrogen-bond donors (Lipinski definition) is 0. The first-order chi connectivity index (χ1) is 12.3. The highest BCUT2D eigenvalue weighted by molar-refractivity contribution is 6.11. The van der Waals surface area contributed by atoms with Gasteiger partial charge in [-0.3, -0.25) is 4.79 Å². The lowest BCUT2D eigenvalue weighted by molar-refractivity contribution is 0.0896. The lowest BCUT2D eigenvalue weighted by atomic mass is 9.82. The normalized spacial score (nSPS) is 16.6. The Morgan fingerprint density at radius 1 is 1.08 bits per heavy atom. The molecule has 4 rings (SSSR count). The van der Waals surface area contributed by atoms with Gasteiger partial charge < -0.3 is 4.57 Å². The van der Waals surface area contributed by atoms with Crippen molar-refractivity contribution in [2.45, 2.75) is 32.2 Å². The summed E-state index contributed by atoms with van der Waals surface area (Å²) >= 11 is 0. The van der Waals surface area contributed by atoms with Crippen molar-refractivity contribution in [2.24, 2.45) is 5.92 Å². The van der Waals surface area contributed by atoms with Crippen LogP contribution in [0.25, 0.3) is 10.9 Å². The molecule has 1 aliphatic carbocycles. The van der Waals surface area contributed by atoms with Crippen molar-refractivity contribution >= 4 is 16.7 Å². The van der Waals surface area contributed by atoms with Gasteiger partial charge in [-0.05, 0) is 30.9 Å². The van der Waals surface area contributed by atoms with Crippen LogP contribution in [0.4, 0.5) is 0 Å². The molecule has 0 saturated heterocycles. The maximum absolute atomic E-state index is 13.1. The molecule has 1 heterocycles. The third-order valence-electron chi connectivity index (χ3n) is 5.21. The molecular weight excluding hydrogens is 308 g/mol. The average molecular weight is 328 g/mol. The zero-order valence-electron chi connectivity index (χ0n) is 14.1. The first-order valence-corrected chi connectivity index (χ1v) is 8.85. The Morgan fingerprint density at radius 3 is 2.64 bits per heavy atom. The Kier molecular flexibility index (Phi) is 4.11. The van der Waals surface area contributed by atoms with Crippen LogP contribution in [0, 0.1) is 17.2 Å². The molecule has 0 unspecified atom stereocenters. The van der Waals surface area contributed by atoms with Gasteiger partial charge in [0.05, 0.1) is 6.07 Å². The van der Waals surface area contributed by atoms with Crippen molar-refractivity contribution in [3.63, 3.8) is 0 Å². The van der Waals surface area contributed by atoms with Crippen LogP contribution in [0.2, 0.25) is 0 Å². The highest BCUT2D eigenvalue weighted by Gasteiger charge is 2.32. The molecule has 2 aromatic carbocycles. The summed E-state index contributed by atoms with van der Waals surface area (Å²) in [5, 5.41) is 9.91. The molecule has 0 bridgehead atoms. The van der Waals surface area contributed by atoms with E-state index < -0.39 is 0 Å². The number of Topliss-reactive ketones (excluding diaryl/α,β-unsaturated/α-hetero) is 1. The van der Waals surface area contributed by atoms with Gasteiger partial charge in [-0.15, -0.1) is 0 Å². The fraction of sp³-hybridized carbons (Fsp3) is 0.273. The summed E-state index contributed by atoms with van der Waals surface area (Å²) in [5.41, 5.74) is 4.42. The molecule has 3 aromatic rings. The zero-order chi connectivity index (χ0) is 17.2. The number of nitriles is 1. The number of hydrogen-bond acceptors (Lipinski definition) is 2. The van der Waals surface area contributed by atoms with Crippen LogP contribution in [0.15, 0.2) is 54.6 Å². The molecule has 1 aliphatic rings. The van der Waals surface area contributed by atoms with E-state index in [2.05, 4.69) is 47.0 Å². The van der Waals surface area contributed by atoms with Crippen molar-refractivity contribution in [1.82, 2.24) is 4.57 Å². The molecule has 3 nitrogen and oxygen atoms in total. The molecule has 0 radical (unpaired) electrons. The molecule has 124 valence electrons. The van der Waals surface area contributed by atoms with Crippen molar-refractivity contribution < 1.29 is 4.79 Å². The Hall–Kier alpha value is -2.86. The van der Waals surface area contributed by atoms with Gasteiger partial charge >= 0.3 is 0 Å². The largest absolute Gasteiger partial charge is 0.339 e. The maximum Gasteiger partial charge on any atom is 0.168 e. The van der Waals surface area contributed by atoms with Crippen LogP contribution in [0.3, 0.4) is 0 Å². The fourth-order valence-electron chi connectivity index (χ4n) is 4.00. The van der Waals surface area contributed by atoms with Gasteiger partial charge in [0.15, 0.2) is 5.78 Å². The second-order valence-electron chi connectivity index (χ2n) is 6.71. The minimum Gasteiger partial charge on any atom is -0.339 e. The third-order valence-corrected chi connectivity index (χ3v) is 5.21. The Morgan fingerprint density at radius 2 is 1.84 bits per heavy atom. The van der Waals surface area contributed by atoms with Crippen molar-refractivity contribution in [2.75, 3.05) is 0 Å². The van der Waals surface area contributed by atoms with Crippen molar-refractivity contribution in [3.8, 4) is 6.07 Å². The van der Waals surface area contributed by atoms with E-state index in [0.29, 0.717) is 12.8 Å². The van der Waals surface area contributed by atoms with Crippen LogP contribution in [0.1, 0.15) is 40.9 Å². The lowest BCUT2D eigenvalue weighted by Gasteiger charge is -2.22. The second-order valence-corrected chi connectivity index (χ2v) is 6.71. The van der Waals surface area contributed by atoms with Gasteiger partial charge in [-0.1, -0.05) is 48.5 Å². The molecular formula is C22H20N2O. The zero-order valence-corrected chi connectivity index (χ0v) is 14.1. The molecule has 1 atom stereocenters. The monoisotopic (exact) mass is 328 g/mol. The number of carbonyl (C=O) groups is 1. The standard InChI is InChI=1S/C22H20N2O/c23-14-6-9-17-12-13-20-21(22(17)25)18-10-4-5-11-19(18)24(20)15-16-7-2-1-3-8-16/h1-5,7-8,10-11,17H,6,9,12-13,15H2/t17-/m1/s1. The number of benzene rings is 2. The quantitative estimate of drug-likeness (QED) is 0.694. The summed E-state index contributed by atoms with van der Waals surface area (Å²) in [7, 11) is 0. The van der Waals surface area contributed by atoms with Crippen LogP contribution < -0.4 is 0 Å². The first kappa shape index (κ1) is 15.7. The van der Waals surface area contributed by atoms with Gasteiger partial charge in [-0.2, -0.15) is 5.26 Å². The average Bonchev–Trinajstić information content (AvgIpc) is 2.97. The first-order valence-electron chi connectivity index (χ1n) is 8.85. The Labute approximate surface area is 147 Å². The minimum atomic E-state index is -0.0110. The van der Waals surface area contributed by atoms with E-state index in [1.807, 2.05) is 18.2 Å². The minimum absolute atomic E-state index is 0.0110. The number of fused-ring (bicyclic) bond motifs is 3. The smallest absolute Gasteiger partial charge is 0.168 e. The van der Waals surface area contributed by atoms with Gasteiger partial charge in [-0.25, -0.2) is 0 Å². The highest BCUT2D eigenvalue weighted by Crippen LogP contribution is 2.36. The van der Waals surface area contributed by atoms with Gasteiger partial charge in [0.2, 0.25) is 0 Å². The number of para-hydroxylation sites is 1. The van der Waals surface area contributed by atoms with Gasteiger partial charge in [0.1, 0.15) is 0 Å². The fourth-order valence-corrected chi connectivity index (χ4v) is 4.00. The molecule has 0 fully saturated rings. The molecule has 0 saturated carbocycles. The van der Waals surface area contributed by atoms with Crippen molar-refractivity contribution in [3.05, 3.63) is 71.4 Å². The van der Waals surface area contributed by atoms with E-state index in [1.54, 1.807) is 0 Å². The molecule has 1 aromatic heterocycles. The molecule has 25 heavy (non-hydrogen) atoms. The summed E-state index contributed by atoms with van der Waals surface area (Å²) < 4.78 is 2.30. The van der Waals surface area contributed by atoms with Gasteiger partial charge in [0.25, 0.3) is 0 Å². The van der Waals surface area contributed by atoms with Crippen LogP contribution in [0.5, 0.6) is 0 Å². The van der Waals surface area contributed by atoms with Crippen LogP contribution >= 0.6 is 0 Å². The predicted octanol–water partition coefficient (Wildman–Crippen LogP) is 4.74. The second kappa shape index (κ2) is 6.57. The maximum atomic E-state index is 13.1. The van der Waals surface area contributed by atoms with E-state index >= 15 is 0 Å². The molecule has 0 aliphatic heterocycles. The van der Waals surface area contributed by atoms with Crippen molar-refractivity contribution in [1.29, 1.82) is 5.26 Å². The molecule has 3 heteroatoms. The number of carbonyl (C=O) groups excluding carboxylic acids is 1. The summed E-state index contributed by atoms with van der Waals surface area (Å²) in [4.78, 5) is 13.1. The molecule has 0 amide bonds. The summed E-state index contributed by atoms with van der Waals surface area (Å²) in [6.45, 7) is 0.785. The van der Waals surface area contributed by atoms with E-state index in [1.165, 1.54) is 5.56 Å². The van der Waals surface area contributed by atoms with Crippen LogP contribution in [-0.4, -0.2) is 10.4 Å². The van der Waals surface area contributed by atoms with E-state index in [4.69, 9.17) is 5.26 Å². The Balaban J connectivity index is 1.81. The van der Waals surface area contributed by atoms with E-state index in [9.17, 15) is 4.79 Å². The topological polar surface area (TPSA) is 45.8 Å². The predicted molar refractivity (Wildman–Crippen MR) is 98.5 cm³/mol. The highest BCUT2D eigenvalue weighted by atomic mass is 16.1. The van der Waals surface area contributed by atoms with Gasteiger partial charge in [0, 0.05) is 41.0 Å². The summed E-state index contributed by atoms with van der Waals surface area (Å²) in [6, 6.07) is 20.8. The number of nitrogens with zero attached hydrogens (tertiary/aromatic N) is 2. The van der Waals surface area contributed by atoms with E-state index in [0.717, 1.165) is 41.5 Å². The summed E-state index contributed by atoms with van der Waals surface area (Å²) in [6.07, 6.45) is 2.87. The number of aromatic nitrogens is 1. The molecule has 0 N–H and O–H groups in total. The Bertz CT molecular complexity index is 963. The SMILES string of the molecule is N#CCC[C@@H]1CCc2c(c3ccccc3n2Cc2ccccc2)C1=O. The third kappa shape index (κ3) is 2.74. The van der Waals surface area contributed by atoms with E-state index in [-0.39, 0.29) is 11.7 Å². The number of rotatable bonds is 4. The summed E-state index contributed by atoms with van der Waals surface area (Å²) in [5.74, 6) is 0.211. The number of ketones is 1. The lowest BCUT2D eigenvalue weighted by Crippen LogP contribution is -2.23. The molecule has 0 spiro atoms.